The number of rotatable bonds is 7. The average Bonchev–Trinajstić information content (AvgIpc) is 3.08. The summed E-state index contributed by atoms with van der Waals surface area (Å²) >= 11 is 5.96. The lowest BCUT2D eigenvalue weighted by Crippen LogP contribution is -2.13. The van der Waals surface area contributed by atoms with Gasteiger partial charge in [-0.1, -0.05) is 35.9 Å². The maximum Gasteiger partial charge on any atom is 0.120 e. The van der Waals surface area contributed by atoms with Crippen molar-refractivity contribution >= 4 is 11.6 Å². The molecule has 0 amide bonds. The van der Waals surface area contributed by atoms with Gasteiger partial charge in [0, 0.05) is 24.0 Å². The molecule has 0 atom stereocenters. The molecule has 0 spiro atoms. The van der Waals surface area contributed by atoms with E-state index in [4.69, 9.17) is 16.3 Å². The van der Waals surface area contributed by atoms with Crippen LogP contribution in [0.25, 0.3) is 0 Å². The van der Waals surface area contributed by atoms with Crippen LogP contribution in [-0.4, -0.2) is 9.97 Å². The van der Waals surface area contributed by atoms with Gasteiger partial charge in [0.15, 0.2) is 0 Å². The lowest BCUT2D eigenvalue weighted by molar-refractivity contribution is 0.306. The SMILES string of the molecule is Clc1cccc(COc2ccc(CNCc3ncc[nH]3)cc2)c1. The third-order valence-electron chi connectivity index (χ3n) is 3.39. The summed E-state index contributed by atoms with van der Waals surface area (Å²) < 4.78 is 5.77. The summed E-state index contributed by atoms with van der Waals surface area (Å²) in [6.07, 6.45) is 3.58. The third-order valence-corrected chi connectivity index (χ3v) is 3.63. The van der Waals surface area contributed by atoms with Gasteiger partial charge in [-0.05, 0) is 35.4 Å². The first-order chi connectivity index (χ1) is 11.3. The van der Waals surface area contributed by atoms with Crippen LogP contribution in [-0.2, 0) is 19.7 Å². The Hall–Kier alpha value is -2.30. The van der Waals surface area contributed by atoms with E-state index in [9.17, 15) is 0 Å². The molecule has 0 aliphatic carbocycles. The van der Waals surface area contributed by atoms with Gasteiger partial charge in [0.1, 0.15) is 18.2 Å². The van der Waals surface area contributed by atoms with Crippen LogP contribution < -0.4 is 10.1 Å². The first-order valence-electron chi connectivity index (χ1n) is 7.45. The highest BCUT2D eigenvalue weighted by Crippen LogP contribution is 2.16. The smallest absolute Gasteiger partial charge is 0.120 e. The molecule has 5 heteroatoms. The minimum absolute atomic E-state index is 0.511. The van der Waals surface area contributed by atoms with E-state index in [1.165, 1.54) is 5.56 Å². The van der Waals surface area contributed by atoms with Crippen molar-refractivity contribution in [3.05, 3.63) is 82.9 Å². The second-order valence-corrected chi connectivity index (χ2v) is 5.64. The van der Waals surface area contributed by atoms with Crippen molar-refractivity contribution in [1.29, 1.82) is 0 Å². The third kappa shape index (κ3) is 4.84. The monoisotopic (exact) mass is 327 g/mol. The summed E-state index contributed by atoms with van der Waals surface area (Å²) in [5.41, 5.74) is 2.26. The molecule has 3 aromatic rings. The van der Waals surface area contributed by atoms with Crippen LogP contribution in [0.2, 0.25) is 5.02 Å². The number of benzene rings is 2. The van der Waals surface area contributed by atoms with Crippen molar-refractivity contribution in [3.8, 4) is 5.75 Å². The van der Waals surface area contributed by atoms with Gasteiger partial charge in [-0.3, -0.25) is 0 Å². The summed E-state index contributed by atoms with van der Waals surface area (Å²) in [5, 5.41) is 4.06. The molecule has 0 aliphatic rings. The van der Waals surface area contributed by atoms with E-state index in [2.05, 4.69) is 27.4 Å². The van der Waals surface area contributed by atoms with Crippen LogP contribution in [0.3, 0.4) is 0 Å². The van der Waals surface area contributed by atoms with Crippen molar-refractivity contribution in [2.75, 3.05) is 0 Å². The van der Waals surface area contributed by atoms with E-state index in [-0.39, 0.29) is 0 Å². The largest absolute Gasteiger partial charge is 0.489 e. The van der Waals surface area contributed by atoms with Crippen LogP contribution in [0, 0.1) is 0 Å². The Labute approximate surface area is 140 Å². The van der Waals surface area contributed by atoms with E-state index in [0.717, 1.165) is 35.2 Å². The fourth-order valence-electron chi connectivity index (χ4n) is 2.22. The molecule has 2 N–H and O–H groups in total. The van der Waals surface area contributed by atoms with Gasteiger partial charge in [0.2, 0.25) is 0 Å². The van der Waals surface area contributed by atoms with E-state index < -0.39 is 0 Å². The van der Waals surface area contributed by atoms with Gasteiger partial charge in [0.25, 0.3) is 0 Å². The molecule has 2 aromatic carbocycles. The lowest BCUT2D eigenvalue weighted by Gasteiger charge is -2.08. The molecule has 1 aromatic heterocycles. The molecule has 23 heavy (non-hydrogen) atoms. The number of nitrogens with zero attached hydrogens (tertiary/aromatic N) is 1. The van der Waals surface area contributed by atoms with Gasteiger partial charge < -0.3 is 15.0 Å². The summed E-state index contributed by atoms with van der Waals surface area (Å²) in [5.74, 6) is 1.78. The van der Waals surface area contributed by atoms with Crippen LogP contribution in [0.15, 0.2) is 60.9 Å². The van der Waals surface area contributed by atoms with Crippen LogP contribution >= 0.6 is 11.6 Å². The fourth-order valence-corrected chi connectivity index (χ4v) is 2.43. The molecule has 0 radical (unpaired) electrons. The van der Waals surface area contributed by atoms with Gasteiger partial charge in [-0.25, -0.2) is 4.98 Å². The zero-order valence-electron chi connectivity index (χ0n) is 12.6. The van der Waals surface area contributed by atoms with Gasteiger partial charge in [-0.15, -0.1) is 0 Å². The topological polar surface area (TPSA) is 49.9 Å². The fraction of sp³-hybridized carbons (Fsp3) is 0.167. The van der Waals surface area contributed by atoms with Crippen molar-refractivity contribution < 1.29 is 4.74 Å². The molecule has 118 valence electrons. The number of ether oxygens (including phenoxy) is 1. The lowest BCUT2D eigenvalue weighted by atomic mass is 10.2. The van der Waals surface area contributed by atoms with Crippen LogP contribution in [0.5, 0.6) is 5.75 Å². The molecule has 0 saturated heterocycles. The Morgan fingerprint density at radius 3 is 2.65 bits per heavy atom. The Morgan fingerprint density at radius 1 is 1.04 bits per heavy atom. The minimum atomic E-state index is 0.511. The van der Waals surface area contributed by atoms with Gasteiger partial charge >= 0.3 is 0 Å². The summed E-state index contributed by atoms with van der Waals surface area (Å²) in [4.78, 5) is 7.24. The van der Waals surface area contributed by atoms with Crippen molar-refractivity contribution in [2.45, 2.75) is 19.7 Å². The molecule has 0 bridgehead atoms. The van der Waals surface area contributed by atoms with Crippen molar-refractivity contribution in [3.63, 3.8) is 0 Å². The number of halogens is 1. The normalized spacial score (nSPS) is 10.7. The molecule has 1 heterocycles. The quantitative estimate of drug-likeness (QED) is 0.691. The predicted molar refractivity (Wildman–Crippen MR) is 91.4 cm³/mol. The molecule has 0 unspecified atom stereocenters. The molecule has 0 saturated carbocycles. The molecular weight excluding hydrogens is 310 g/mol. The summed E-state index contributed by atoms with van der Waals surface area (Å²) in [6, 6.07) is 15.8. The standard InChI is InChI=1S/C18H18ClN3O/c19-16-3-1-2-15(10-16)13-23-17-6-4-14(5-7-17)11-20-12-18-21-8-9-22-18/h1-10,20H,11-13H2,(H,21,22). The zero-order chi connectivity index (χ0) is 15.9. The number of imidazole rings is 1. The second kappa shape index (κ2) is 7.81. The number of H-pyrrole nitrogens is 1. The van der Waals surface area contributed by atoms with E-state index in [1.54, 1.807) is 6.20 Å². The Morgan fingerprint density at radius 2 is 1.91 bits per heavy atom. The highest BCUT2D eigenvalue weighted by atomic mass is 35.5. The Balaban J connectivity index is 1.47. The minimum Gasteiger partial charge on any atom is -0.489 e. The Bertz CT molecular complexity index is 726. The van der Waals surface area contributed by atoms with E-state index in [0.29, 0.717) is 6.61 Å². The van der Waals surface area contributed by atoms with Crippen LogP contribution in [0.1, 0.15) is 17.0 Å². The highest BCUT2D eigenvalue weighted by molar-refractivity contribution is 6.30. The number of hydrogen-bond donors (Lipinski definition) is 2. The van der Waals surface area contributed by atoms with Crippen molar-refractivity contribution in [2.24, 2.45) is 0 Å². The van der Waals surface area contributed by atoms with Gasteiger partial charge in [-0.2, -0.15) is 0 Å². The zero-order valence-corrected chi connectivity index (χ0v) is 13.4. The first kappa shape index (κ1) is 15.6. The summed E-state index contributed by atoms with van der Waals surface area (Å²) in [7, 11) is 0. The first-order valence-corrected chi connectivity index (χ1v) is 7.82. The van der Waals surface area contributed by atoms with E-state index in [1.807, 2.05) is 42.6 Å². The second-order valence-electron chi connectivity index (χ2n) is 5.20. The van der Waals surface area contributed by atoms with Gasteiger partial charge in [0.05, 0.1) is 6.54 Å². The maximum atomic E-state index is 5.96. The number of nitrogens with one attached hydrogen (secondary N) is 2. The number of aromatic amines is 1. The highest BCUT2D eigenvalue weighted by Gasteiger charge is 1.99. The molecular formula is C18H18ClN3O. The van der Waals surface area contributed by atoms with Crippen LogP contribution in [0.4, 0.5) is 0 Å². The number of aromatic nitrogens is 2. The molecule has 3 rings (SSSR count). The van der Waals surface area contributed by atoms with E-state index >= 15 is 0 Å². The Kier molecular flexibility index (Phi) is 5.29. The predicted octanol–water partition coefficient (Wildman–Crippen LogP) is 3.93. The summed E-state index contributed by atoms with van der Waals surface area (Å²) in [6.45, 7) is 2.02. The molecule has 4 nitrogen and oxygen atoms in total. The van der Waals surface area contributed by atoms with Crippen molar-refractivity contribution in [1.82, 2.24) is 15.3 Å². The molecule has 0 aliphatic heterocycles. The molecule has 0 fully saturated rings. The maximum absolute atomic E-state index is 5.96. The number of hydrogen-bond acceptors (Lipinski definition) is 3. The average molecular weight is 328 g/mol.